The van der Waals surface area contributed by atoms with Crippen molar-refractivity contribution >= 4 is 11.6 Å². The van der Waals surface area contributed by atoms with Crippen LogP contribution in [-0.4, -0.2) is 41.4 Å². The van der Waals surface area contributed by atoms with E-state index in [1.165, 1.54) is 12.1 Å². The van der Waals surface area contributed by atoms with Crippen molar-refractivity contribution in [1.82, 2.24) is 10.2 Å². The summed E-state index contributed by atoms with van der Waals surface area (Å²) in [5.74, 6) is -0.0549. The topological polar surface area (TPSA) is 75.5 Å². The quantitative estimate of drug-likeness (QED) is 0.645. The Morgan fingerprint density at radius 3 is 2.84 bits per heavy atom. The second kappa shape index (κ2) is 5.36. The molecule has 1 unspecified atom stereocenters. The number of amides is 1. The maximum absolute atomic E-state index is 12.4. The summed E-state index contributed by atoms with van der Waals surface area (Å²) in [6.45, 7) is 5.86. The number of carbonyl (C=O) groups is 1. The molecule has 1 fully saturated rings. The van der Waals surface area contributed by atoms with Crippen LogP contribution in [0, 0.1) is 17.0 Å². The van der Waals surface area contributed by atoms with Crippen LogP contribution in [0.4, 0.5) is 5.69 Å². The Kier molecular flexibility index (Phi) is 3.80. The van der Waals surface area contributed by atoms with Gasteiger partial charge < -0.3 is 10.2 Å². The number of non-ortho nitro benzene ring substituents is 1. The lowest BCUT2D eigenvalue weighted by Crippen LogP contribution is -2.51. The first-order valence-corrected chi connectivity index (χ1v) is 6.26. The SMILES string of the molecule is Cc1cc([N+](=O)[O-])ccc1C(=O)N1CCNC(C)C1. The molecule has 102 valence electrons. The molecule has 1 N–H and O–H groups in total. The molecule has 0 saturated carbocycles. The fraction of sp³-hybridized carbons (Fsp3) is 0.462. The molecule has 1 amide bonds. The standard InChI is InChI=1S/C13H17N3O3/c1-9-7-11(16(18)19)3-4-12(9)13(17)15-6-5-14-10(2)8-15/h3-4,7,10,14H,5-6,8H2,1-2H3. The summed E-state index contributed by atoms with van der Waals surface area (Å²) in [7, 11) is 0. The molecule has 0 bridgehead atoms. The highest BCUT2D eigenvalue weighted by Crippen LogP contribution is 2.19. The molecule has 1 atom stereocenters. The fourth-order valence-corrected chi connectivity index (χ4v) is 2.29. The maximum Gasteiger partial charge on any atom is 0.269 e. The molecule has 0 aliphatic carbocycles. The van der Waals surface area contributed by atoms with E-state index in [9.17, 15) is 14.9 Å². The van der Waals surface area contributed by atoms with Gasteiger partial charge in [-0.3, -0.25) is 14.9 Å². The monoisotopic (exact) mass is 263 g/mol. The molecule has 6 heteroatoms. The third-order valence-corrected chi connectivity index (χ3v) is 3.31. The summed E-state index contributed by atoms with van der Waals surface area (Å²) in [4.78, 5) is 24.4. The van der Waals surface area contributed by atoms with Gasteiger partial charge in [-0.2, -0.15) is 0 Å². The predicted molar refractivity (Wildman–Crippen MR) is 71.2 cm³/mol. The van der Waals surface area contributed by atoms with Crippen LogP contribution in [0.5, 0.6) is 0 Å². The van der Waals surface area contributed by atoms with E-state index in [1.807, 2.05) is 6.92 Å². The number of nitro benzene ring substituents is 1. The number of hydrogen-bond donors (Lipinski definition) is 1. The maximum atomic E-state index is 12.4. The highest BCUT2D eigenvalue weighted by Gasteiger charge is 2.23. The van der Waals surface area contributed by atoms with Crippen LogP contribution < -0.4 is 5.32 Å². The van der Waals surface area contributed by atoms with Crippen LogP contribution in [0.1, 0.15) is 22.8 Å². The van der Waals surface area contributed by atoms with E-state index in [0.717, 1.165) is 6.54 Å². The number of nitrogens with zero attached hydrogens (tertiary/aromatic N) is 2. The molecule has 1 saturated heterocycles. The third-order valence-electron chi connectivity index (χ3n) is 3.31. The van der Waals surface area contributed by atoms with Crippen molar-refractivity contribution in [2.75, 3.05) is 19.6 Å². The first-order valence-electron chi connectivity index (χ1n) is 6.26. The minimum absolute atomic E-state index is 0.0164. The van der Waals surface area contributed by atoms with Gasteiger partial charge >= 0.3 is 0 Å². The Labute approximate surface area is 111 Å². The number of hydrogen-bond acceptors (Lipinski definition) is 4. The van der Waals surface area contributed by atoms with Gasteiger partial charge in [0.2, 0.25) is 0 Å². The van der Waals surface area contributed by atoms with E-state index in [1.54, 1.807) is 17.9 Å². The molecule has 0 radical (unpaired) electrons. The van der Waals surface area contributed by atoms with Crippen LogP contribution in [-0.2, 0) is 0 Å². The zero-order valence-corrected chi connectivity index (χ0v) is 11.0. The van der Waals surface area contributed by atoms with Crippen molar-refractivity contribution in [1.29, 1.82) is 0 Å². The Bertz CT molecular complexity index is 516. The molecule has 1 aliphatic rings. The van der Waals surface area contributed by atoms with Crippen molar-refractivity contribution in [2.24, 2.45) is 0 Å². The van der Waals surface area contributed by atoms with Crippen molar-refractivity contribution in [3.8, 4) is 0 Å². The summed E-state index contributed by atoms with van der Waals surface area (Å²) in [5.41, 5.74) is 1.20. The van der Waals surface area contributed by atoms with Gasteiger partial charge in [-0.15, -0.1) is 0 Å². The number of benzene rings is 1. The van der Waals surface area contributed by atoms with Crippen LogP contribution in [0.15, 0.2) is 18.2 Å². The lowest BCUT2D eigenvalue weighted by Gasteiger charge is -2.32. The van der Waals surface area contributed by atoms with Crippen molar-refractivity contribution in [3.63, 3.8) is 0 Å². The Morgan fingerprint density at radius 2 is 2.26 bits per heavy atom. The molecule has 2 rings (SSSR count). The smallest absolute Gasteiger partial charge is 0.269 e. The second-order valence-corrected chi connectivity index (χ2v) is 4.86. The normalized spacial score (nSPS) is 19.3. The van der Waals surface area contributed by atoms with Crippen LogP contribution in [0.25, 0.3) is 0 Å². The largest absolute Gasteiger partial charge is 0.336 e. The molecular weight excluding hydrogens is 246 g/mol. The number of carbonyl (C=O) groups excluding carboxylic acids is 1. The van der Waals surface area contributed by atoms with E-state index < -0.39 is 4.92 Å². The van der Waals surface area contributed by atoms with Crippen molar-refractivity contribution in [2.45, 2.75) is 19.9 Å². The predicted octanol–water partition coefficient (Wildman–Crippen LogP) is 1.34. The van der Waals surface area contributed by atoms with Crippen molar-refractivity contribution in [3.05, 3.63) is 39.4 Å². The molecule has 0 aromatic heterocycles. The Morgan fingerprint density at radius 1 is 1.53 bits per heavy atom. The molecule has 1 aromatic carbocycles. The van der Waals surface area contributed by atoms with Gasteiger partial charge in [-0.25, -0.2) is 0 Å². The van der Waals surface area contributed by atoms with Crippen LogP contribution in [0.2, 0.25) is 0 Å². The average Bonchev–Trinajstić information content (AvgIpc) is 2.37. The number of aryl methyl sites for hydroxylation is 1. The number of nitro groups is 1. The van der Waals surface area contributed by atoms with Gasteiger partial charge in [0.05, 0.1) is 4.92 Å². The first-order chi connectivity index (χ1) is 8.99. The molecule has 1 aliphatic heterocycles. The van der Waals surface area contributed by atoms with Gasteiger partial charge in [0, 0.05) is 43.4 Å². The third kappa shape index (κ3) is 2.90. The molecule has 1 aromatic rings. The molecule has 19 heavy (non-hydrogen) atoms. The summed E-state index contributed by atoms with van der Waals surface area (Å²) in [6, 6.07) is 4.64. The van der Waals surface area contributed by atoms with Crippen molar-refractivity contribution < 1.29 is 9.72 Å². The van der Waals surface area contributed by atoms with E-state index >= 15 is 0 Å². The zero-order valence-electron chi connectivity index (χ0n) is 11.0. The Hall–Kier alpha value is -1.95. The summed E-state index contributed by atoms with van der Waals surface area (Å²) >= 11 is 0. The number of nitrogens with one attached hydrogen (secondary N) is 1. The van der Waals surface area contributed by atoms with Gasteiger partial charge in [0.15, 0.2) is 0 Å². The van der Waals surface area contributed by atoms with E-state index in [0.29, 0.717) is 24.2 Å². The number of rotatable bonds is 2. The van der Waals surface area contributed by atoms with E-state index in [-0.39, 0.29) is 17.6 Å². The minimum atomic E-state index is -0.450. The van der Waals surface area contributed by atoms with Crippen LogP contribution >= 0.6 is 0 Å². The molecule has 1 heterocycles. The minimum Gasteiger partial charge on any atom is -0.336 e. The summed E-state index contributed by atoms with van der Waals surface area (Å²) in [5, 5.41) is 14.0. The zero-order chi connectivity index (χ0) is 14.0. The molecule has 0 spiro atoms. The molecular formula is C13H17N3O3. The highest BCUT2D eigenvalue weighted by molar-refractivity contribution is 5.96. The van der Waals surface area contributed by atoms with Gasteiger partial charge in [-0.05, 0) is 25.5 Å². The number of piperazine rings is 1. The lowest BCUT2D eigenvalue weighted by molar-refractivity contribution is -0.384. The highest BCUT2D eigenvalue weighted by atomic mass is 16.6. The summed E-state index contributed by atoms with van der Waals surface area (Å²) < 4.78 is 0. The van der Waals surface area contributed by atoms with Gasteiger partial charge in [0.25, 0.3) is 11.6 Å². The van der Waals surface area contributed by atoms with E-state index in [2.05, 4.69) is 5.32 Å². The van der Waals surface area contributed by atoms with Gasteiger partial charge in [0.1, 0.15) is 0 Å². The lowest BCUT2D eigenvalue weighted by atomic mass is 10.1. The van der Waals surface area contributed by atoms with E-state index in [4.69, 9.17) is 0 Å². The summed E-state index contributed by atoms with van der Waals surface area (Å²) in [6.07, 6.45) is 0. The van der Waals surface area contributed by atoms with Gasteiger partial charge in [-0.1, -0.05) is 0 Å². The first kappa shape index (κ1) is 13.5. The van der Waals surface area contributed by atoms with Crippen LogP contribution in [0.3, 0.4) is 0 Å². The second-order valence-electron chi connectivity index (χ2n) is 4.86. The average molecular weight is 263 g/mol. The Balaban J connectivity index is 2.21. The fourth-order valence-electron chi connectivity index (χ4n) is 2.29. The molecule has 6 nitrogen and oxygen atoms in total.